The number of thioether (sulfide) groups is 1. The Kier molecular flexibility index (Phi) is 4.39. The van der Waals surface area contributed by atoms with Gasteiger partial charge in [-0.05, 0) is 49.1 Å². The third-order valence-corrected chi connectivity index (χ3v) is 4.28. The Bertz CT molecular complexity index is 564. The summed E-state index contributed by atoms with van der Waals surface area (Å²) in [5.74, 6) is 0.0713. The van der Waals surface area contributed by atoms with Crippen molar-refractivity contribution in [1.29, 1.82) is 0 Å². The Labute approximate surface area is 116 Å². The van der Waals surface area contributed by atoms with E-state index in [1.165, 1.54) is 16.2 Å². The van der Waals surface area contributed by atoms with E-state index < -0.39 is 0 Å². The molecule has 0 aliphatic rings. The van der Waals surface area contributed by atoms with Crippen molar-refractivity contribution in [2.45, 2.75) is 11.8 Å². The smallest absolute Gasteiger partial charge is 0.195 e. The predicted octanol–water partition coefficient (Wildman–Crippen LogP) is 4.67. The van der Waals surface area contributed by atoms with Crippen LogP contribution in [0.15, 0.2) is 47.4 Å². The van der Waals surface area contributed by atoms with Crippen LogP contribution in [0, 0.1) is 6.92 Å². The minimum atomic E-state index is 0.0713. The molecule has 2 aromatic rings. The van der Waals surface area contributed by atoms with Gasteiger partial charge >= 0.3 is 0 Å². The average Bonchev–Trinajstić information content (AvgIpc) is 2.83. The van der Waals surface area contributed by atoms with Crippen LogP contribution in [0.3, 0.4) is 0 Å². The summed E-state index contributed by atoms with van der Waals surface area (Å²) >= 11 is 3.25. The molecule has 0 amide bonds. The van der Waals surface area contributed by atoms with Crippen LogP contribution in [0.2, 0.25) is 0 Å². The van der Waals surface area contributed by atoms with Gasteiger partial charge in [-0.15, -0.1) is 23.1 Å². The minimum Gasteiger partial charge on any atom is -0.288 e. The van der Waals surface area contributed by atoms with E-state index in [4.69, 9.17) is 0 Å². The van der Waals surface area contributed by atoms with Gasteiger partial charge in [0.05, 0.1) is 4.88 Å². The van der Waals surface area contributed by atoms with Gasteiger partial charge in [-0.3, -0.25) is 4.79 Å². The molecule has 92 valence electrons. The van der Waals surface area contributed by atoms with Crippen molar-refractivity contribution in [3.63, 3.8) is 0 Å². The van der Waals surface area contributed by atoms with E-state index in [1.807, 2.05) is 43.5 Å². The number of carbonyl (C=O) groups excluding carboxylic acids is 1. The van der Waals surface area contributed by atoms with E-state index in [0.29, 0.717) is 0 Å². The molecule has 0 radical (unpaired) electrons. The summed E-state index contributed by atoms with van der Waals surface area (Å²) in [6, 6.07) is 12.0. The summed E-state index contributed by atoms with van der Waals surface area (Å²) in [5, 5.41) is 0. The Balaban J connectivity index is 2.08. The number of aryl methyl sites for hydroxylation is 1. The van der Waals surface area contributed by atoms with E-state index in [1.54, 1.807) is 17.8 Å². The van der Waals surface area contributed by atoms with Crippen LogP contribution in [-0.4, -0.2) is 12.0 Å². The van der Waals surface area contributed by atoms with Crippen LogP contribution in [0.5, 0.6) is 0 Å². The third-order valence-electron chi connectivity index (χ3n) is 2.53. The summed E-state index contributed by atoms with van der Waals surface area (Å²) in [6.07, 6.45) is 5.55. The summed E-state index contributed by atoms with van der Waals surface area (Å²) in [5.41, 5.74) is 1.05. The molecule has 1 aromatic heterocycles. The first-order chi connectivity index (χ1) is 8.69. The summed E-state index contributed by atoms with van der Waals surface area (Å²) < 4.78 is 0. The molecule has 0 unspecified atom stereocenters. The lowest BCUT2D eigenvalue weighted by Crippen LogP contribution is -1.88. The maximum Gasteiger partial charge on any atom is 0.195 e. The van der Waals surface area contributed by atoms with Gasteiger partial charge in [-0.25, -0.2) is 0 Å². The lowest BCUT2D eigenvalue weighted by atomic mass is 10.2. The Morgan fingerprint density at radius 1 is 1.17 bits per heavy atom. The molecule has 0 aliphatic heterocycles. The molecule has 1 nitrogen and oxygen atoms in total. The molecule has 1 aromatic carbocycles. The first-order valence-corrected chi connectivity index (χ1v) is 7.66. The van der Waals surface area contributed by atoms with Crippen LogP contribution in [0.25, 0.3) is 6.08 Å². The highest BCUT2D eigenvalue weighted by molar-refractivity contribution is 7.98. The zero-order chi connectivity index (χ0) is 13.0. The molecule has 0 bridgehead atoms. The van der Waals surface area contributed by atoms with E-state index in [0.717, 1.165) is 15.3 Å². The van der Waals surface area contributed by atoms with Crippen LogP contribution in [0.1, 0.15) is 20.1 Å². The van der Waals surface area contributed by atoms with Crippen LogP contribution < -0.4 is 0 Å². The number of ketones is 1. The SMILES string of the molecule is CSc1ccc(/C=C/C(=O)c2ccc(C)s2)cc1. The summed E-state index contributed by atoms with van der Waals surface area (Å²) in [6.45, 7) is 2.01. The normalized spacial score (nSPS) is 11.0. The van der Waals surface area contributed by atoms with E-state index >= 15 is 0 Å². The molecule has 0 spiro atoms. The molecule has 0 saturated carbocycles. The molecule has 0 aliphatic carbocycles. The molecular weight excluding hydrogens is 260 g/mol. The first kappa shape index (κ1) is 13.1. The monoisotopic (exact) mass is 274 g/mol. The lowest BCUT2D eigenvalue weighted by Gasteiger charge is -1.96. The van der Waals surface area contributed by atoms with Gasteiger partial charge in [0.15, 0.2) is 5.78 Å². The fraction of sp³-hybridized carbons (Fsp3) is 0.133. The number of rotatable bonds is 4. The minimum absolute atomic E-state index is 0.0713. The molecule has 18 heavy (non-hydrogen) atoms. The standard InChI is InChI=1S/C15H14OS2/c1-11-3-10-15(18-11)14(16)9-6-12-4-7-13(17-2)8-5-12/h3-10H,1-2H3/b9-6+. The number of allylic oxidation sites excluding steroid dienone is 1. The van der Waals surface area contributed by atoms with Gasteiger partial charge in [0, 0.05) is 9.77 Å². The average molecular weight is 274 g/mol. The molecule has 0 saturated heterocycles. The lowest BCUT2D eigenvalue weighted by molar-refractivity contribution is 0.105. The van der Waals surface area contributed by atoms with Crippen molar-refractivity contribution in [2.24, 2.45) is 0 Å². The predicted molar refractivity (Wildman–Crippen MR) is 80.6 cm³/mol. The van der Waals surface area contributed by atoms with Crippen molar-refractivity contribution >= 4 is 35.0 Å². The van der Waals surface area contributed by atoms with E-state index in [9.17, 15) is 4.79 Å². The van der Waals surface area contributed by atoms with Crippen LogP contribution >= 0.6 is 23.1 Å². The van der Waals surface area contributed by atoms with Crippen molar-refractivity contribution in [2.75, 3.05) is 6.26 Å². The molecule has 3 heteroatoms. The number of thiophene rings is 1. The Morgan fingerprint density at radius 3 is 2.44 bits per heavy atom. The van der Waals surface area contributed by atoms with E-state index in [2.05, 4.69) is 12.1 Å². The van der Waals surface area contributed by atoms with Gasteiger partial charge in [0.25, 0.3) is 0 Å². The van der Waals surface area contributed by atoms with Gasteiger partial charge in [0.1, 0.15) is 0 Å². The number of hydrogen-bond donors (Lipinski definition) is 0. The van der Waals surface area contributed by atoms with Crippen molar-refractivity contribution in [1.82, 2.24) is 0 Å². The van der Waals surface area contributed by atoms with Crippen molar-refractivity contribution in [3.05, 3.63) is 57.8 Å². The van der Waals surface area contributed by atoms with Crippen molar-refractivity contribution < 1.29 is 4.79 Å². The molecule has 0 atom stereocenters. The maximum atomic E-state index is 11.9. The molecule has 2 rings (SSSR count). The van der Waals surface area contributed by atoms with Gasteiger partial charge in [-0.2, -0.15) is 0 Å². The second kappa shape index (κ2) is 6.03. The second-order valence-corrected chi connectivity index (χ2v) is 6.05. The fourth-order valence-electron chi connectivity index (χ4n) is 1.54. The third kappa shape index (κ3) is 3.34. The quantitative estimate of drug-likeness (QED) is 0.457. The first-order valence-electron chi connectivity index (χ1n) is 5.62. The zero-order valence-electron chi connectivity index (χ0n) is 10.3. The largest absolute Gasteiger partial charge is 0.288 e. The molecular formula is C15H14OS2. The van der Waals surface area contributed by atoms with Gasteiger partial charge < -0.3 is 0 Å². The number of benzene rings is 1. The highest BCUT2D eigenvalue weighted by Gasteiger charge is 2.03. The number of carbonyl (C=O) groups is 1. The summed E-state index contributed by atoms with van der Waals surface area (Å²) in [4.78, 5) is 15.1. The van der Waals surface area contributed by atoms with E-state index in [-0.39, 0.29) is 5.78 Å². The Hall–Kier alpha value is -1.32. The summed E-state index contributed by atoms with van der Waals surface area (Å²) in [7, 11) is 0. The maximum absolute atomic E-state index is 11.9. The van der Waals surface area contributed by atoms with Crippen molar-refractivity contribution in [3.8, 4) is 0 Å². The highest BCUT2D eigenvalue weighted by atomic mass is 32.2. The fourth-order valence-corrected chi connectivity index (χ4v) is 2.73. The second-order valence-electron chi connectivity index (χ2n) is 3.88. The van der Waals surface area contributed by atoms with Gasteiger partial charge in [-0.1, -0.05) is 18.2 Å². The zero-order valence-corrected chi connectivity index (χ0v) is 12.0. The number of hydrogen-bond acceptors (Lipinski definition) is 3. The van der Waals surface area contributed by atoms with Crippen LogP contribution in [-0.2, 0) is 0 Å². The molecule has 0 fully saturated rings. The Morgan fingerprint density at radius 2 is 1.89 bits per heavy atom. The molecule has 1 heterocycles. The topological polar surface area (TPSA) is 17.1 Å². The molecule has 0 N–H and O–H groups in total. The van der Waals surface area contributed by atoms with Gasteiger partial charge in [0.2, 0.25) is 0 Å². The van der Waals surface area contributed by atoms with Crippen LogP contribution in [0.4, 0.5) is 0 Å². The highest BCUT2D eigenvalue weighted by Crippen LogP contribution is 2.18.